The SMILES string of the molecule is CCOC(=O)N1CCN(c2ccc(NC(=O)C3CC3)cn2)CC1. The van der Waals surface area contributed by atoms with Crippen molar-refractivity contribution in [2.75, 3.05) is 43.0 Å². The number of ether oxygens (including phenoxy) is 1. The summed E-state index contributed by atoms with van der Waals surface area (Å²) >= 11 is 0. The van der Waals surface area contributed by atoms with Gasteiger partial charge in [-0.2, -0.15) is 0 Å². The number of nitrogens with one attached hydrogen (secondary N) is 1. The average Bonchev–Trinajstić information content (AvgIpc) is 3.41. The summed E-state index contributed by atoms with van der Waals surface area (Å²) in [4.78, 5) is 31.7. The van der Waals surface area contributed by atoms with Crippen molar-refractivity contribution in [3.8, 4) is 0 Å². The second kappa shape index (κ2) is 6.85. The highest BCUT2D eigenvalue weighted by molar-refractivity contribution is 5.93. The first-order chi connectivity index (χ1) is 11.2. The van der Waals surface area contributed by atoms with Crippen molar-refractivity contribution in [2.45, 2.75) is 19.8 Å². The van der Waals surface area contributed by atoms with E-state index in [9.17, 15) is 9.59 Å². The van der Waals surface area contributed by atoms with Crippen LogP contribution in [-0.4, -0.2) is 54.7 Å². The van der Waals surface area contributed by atoms with E-state index in [-0.39, 0.29) is 17.9 Å². The summed E-state index contributed by atoms with van der Waals surface area (Å²) in [5.74, 6) is 1.13. The molecule has 0 atom stereocenters. The molecule has 2 fully saturated rings. The molecule has 0 unspecified atom stereocenters. The smallest absolute Gasteiger partial charge is 0.409 e. The third kappa shape index (κ3) is 3.91. The van der Waals surface area contributed by atoms with E-state index in [0.717, 1.165) is 37.4 Å². The lowest BCUT2D eigenvalue weighted by molar-refractivity contribution is -0.117. The van der Waals surface area contributed by atoms with Gasteiger partial charge in [0, 0.05) is 32.1 Å². The zero-order valence-electron chi connectivity index (χ0n) is 13.3. The number of hydrogen-bond donors (Lipinski definition) is 1. The fourth-order valence-corrected chi connectivity index (χ4v) is 2.57. The minimum atomic E-state index is -0.252. The molecule has 2 amide bonds. The third-order valence-electron chi connectivity index (χ3n) is 4.09. The van der Waals surface area contributed by atoms with Crippen LogP contribution in [0.2, 0.25) is 0 Å². The summed E-state index contributed by atoms with van der Waals surface area (Å²) in [6.45, 7) is 4.90. The summed E-state index contributed by atoms with van der Waals surface area (Å²) in [5, 5.41) is 2.88. The second-order valence-electron chi connectivity index (χ2n) is 5.84. The molecule has 1 aromatic rings. The van der Waals surface area contributed by atoms with Gasteiger partial charge in [0.25, 0.3) is 0 Å². The number of piperazine rings is 1. The van der Waals surface area contributed by atoms with Crippen LogP contribution >= 0.6 is 0 Å². The molecule has 0 spiro atoms. The number of nitrogens with zero attached hydrogens (tertiary/aromatic N) is 3. The van der Waals surface area contributed by atoms with Crippen LogP contribution in [0.25, 0.3) is 0 Å². The third-order valence-corrected chi connectivity index (χ3v) is 4.09. The molecule has 0 aromatic carbocycles. The standard InChI is InChI=1S/C16H22N4O3/c1-2-23-16(22)20-9-7-19(8-10-20)14-6-5-13(11-17-14)18-15(21)12-3-4-12/h5-6,11-12H,2-4,7-10H2,1H3,(H,18,21). The number of pyridine rings is 1. The zero-order chi connectivity index (χ0) is 16.2. The first-order valence-electron chi connectivity index (χ1n) is 8.11. The van der Waals surface area contributed by atoms with Crippen LogP contribution in [0.5, 0.6) is 0 Å². The van der Waals surface area contributed by atoms with Crippen LogP contribution in [0.3, 0.4) is 0 Å². The molecule has 1 aromatic heterocycles. The van der Waals surface area contributed by atoms with Gasteiger partial charge in [-0.1, -0.05) is 0 Å². The first kappa shape index (κ1) is 15.6. The van der Waals surface area contributed by atoms with Crippen molar-refractivity contribution in [2.24, 2.45) is 5.92 Å². The van der Waals surface area contributed by atoms with Crippen molar-refractivity contribution in [1.29, 1.82) is 0 Å². The van der Waals surface area contributed by atoms with Gasteiger partial charge in [-0.05, 0) is 31.9 Å². The Morgan fingerprint density at radius 3 is 2.57 bits per heavy atom. The number of anilines is 2. The molecule has 2 aliphatic rings. The Hall–Kier alpha value is -2.31. The highest BCUT2D eigenvalue weighted by Gasteiger charge is 2.29. The van der Waals surface area contributed by atoms with Gasteiger partial charge in [-0.25, -0.2) is 9.78 Å². The fourth-order valence-electron chi connectivity index (χ4n) is 2.57. The Balaban J connectivity index is 1.52. The molecule has 1 aliphatic carbocycles. The largest absolute Gasteiger partial charge is 0.450 e. The maximum absolute atomic E-state index is 11.7. The van der Waals surface area contributed by atoms with Crippen molar-refractivity contribution in [3.63, 3.8) is 0 Å². The number of aromatic nitrogens is 1. The Labute approximate surface area is 135 Å². The molecule has 124 valence electrons. The summed E-state index contributed by atoms with van der Waals surface area (Å²) < 4.78 is 5.01. The van der Waals surface area contributed by atoms with Gasteiger partial charge >= 0.3 is 6.09 Å². The predicted molar refractivity (Wildman–Crippen MR) is 86.4 cm³/mol. The lowest BCUT2D eigenvalue weighted by Gasteiger charge is -2.34. The minimum Gasteiger partial charge on any atom is -0.450 e. The summed E-state index contributed by atoms with van der Waals surface area (Å²) in [6, 6.07) is 3.78. The Morgan fingerprint density at radius 2 is 2.00 bits per heavy atom. The lowest BCUT2D eigenvalue weighted by atomic mass is 10.3. The monoisotopic (exact) mass is 318 g/mol. The van der Waals surface area contributed by atoms with Crippen LogP contribution in [0, 0.1) is 5.92 Å². The zero-order valence-corrected chi connectivity index (χ0v) is 13.3. The van der Waals surface area contributed by atoms with E-state index in [1.807, 2.05) is 19.1 Å². The van der Waals surface area contributed by atoms with Crippen molar-refractivity contribution in [3.05, 3.63) is 18.3 Å². The van der Waals surface area contributed by atoms with Crippen molar-refractivity contribution >= 4 is 23.5 Å². The lowest BCUT2D eigenvalue weighted by Crippen LogP contribution is -2.49. The van der Waals surface area contributed by atoms with Gasteiger partial charge in [0.2, 0.25) is 5.91 Å². The normalized spacial score (nSPS) is 17.8. The van der Waals surface area contributed by atoms with E-state index in [2.05, 4.69) is 15.2 Å². The Kier molecular flexibility index (Phi) is 4.64. The minimum absolute atomic E-state index is 0.0857. The van der Waals surface area contributed by atoms with Gasteiger partial charge in [0.1, 0.15) is 5.82 Å². The molecule has 7 nitrogen and oxygen atoms in total. The average molecular weight is 318 g/mol. The van der Waals surface area contributed by atoms with Crippen LogP contribution in [0.1, 0.15) is 19.8 Å². The summed E-state index contributed by atoms with van der Waals surface area (Å²) in [5.41, 5.74) is 0.732. The summed E-state index contributed by atoms with van der Waals surface area (Å²) in [6.07, 6.45) is 3.41. The van der Waals surface area contributed by atoms with E-state index in [1.165, 1.54) is 0 Å². The maximum atomic E-state index is 11.7. The van der Waals surface area contributed by atoms with Gasteiger partial charge in [-0.3, -0.25) is 4.79 Å². The van der Waals surface area contributed by atoms with Gasteiger partial charge in [-0.15, -0.1) is 0 Å². The number of carbonyl (C=O) groups excluding carboxylic acids is 2. The number of amides is 2. The fraction of sp³-hybridized carbons (Fsp3) is 0.562. The van der Waals surface area contributed by atoms with Gasteiger partial charge < -0.3 is 19.9 Å². The first-order valence-corrected chi connectivity index (χ1v) is 8.11. The quantitative estimate of drug-likeness (QED) is 0.915. The molecular weight excluding hydrogens is 296 g/mol. The van der Waals surface area contributed by atoms with Gasteiger partial charge in [0.15, 0.2) is 0 Å². The molecule has 1 saturated carbocycles. The second-order valence-corrected chi connectivity index (χ2v) is 5.84. The molecular formula is C16H22N4O3. The molecule has 2 heterocycles. The molecule has 3 rings (SSSR count). The molecule has 1 aliphatic heterocycles. The van der Waals surface area contributed by atoms with Gasteiger partial charge in [0.05, 0.1) is 18.5 Å². The maximum Gasteiger partial charge on any atom is 0.409 e. The highest BCUT2D eigenvalue weighted by Crippen LogP contribution is 2.30. The molecule has 0 bridgehead atoms. The Bertz CT molecular complexity index is 563. The van der Waals surface area contributed by atoms with Crippen LogP contribution < -0.4 is 10.2 Å². The van der Waals surface area contributed by atoms with E-state index in [4.69, 9.17) is 4.74 Å². The topological polar surface area (TPSA) is 74.8 Å². The van der Waals surface area contributed by atoms with E-state index < -0.39 is 0 Å². The van der Waals surface area contributed by atoms with E-state index in [0.29, 0.717) is 19.7 Å². The van der Waals surface area contributed by atoms with Crippen molar-refractivity contribution < 1.29 is 14.3 Å². The van der Waals surface area contributed by atoms with E-state index in [1.54, 1.807) is 11.1 Å². The van der Waals surface area contributed by atoms with Crippen LogP contribution in [0.4, 0.5) is 16.3 Å². The molecule has 0 radical (unpaired) electrons. The number of hydrogen-bond acceptors (Lipinski definition) is 5. The van der Waals surface area contributed by atoms with Crippen LogP contribution in [0.15, 0.2) is 18.3 Å². The Morgan fingerprint density at radius 1 is 1.26 bits per heavy atom. The molecule has 23 heavy (non-hydrogen) atoms. The number of rotatable bonds is 4. The predicted octanol–water partition coefficient (Wildman–Crippen LogP) is 1.71. The highest BCUT2D eigenvalue weighted by atomic mass is 16.6. The molecule has 7 heteroatoms. The van der Waals surface area contributed by atoms with Crippen molar-refractivity contribution in [1.82, 2.24) is 9.88 Å². The summed E-state index contributed by atoms with van der Waals surface area (Å²) in [7, 11) is 0. The van der Waals surface area contributed by atoms with E-state index >= 15 is 0 Å². The number of carbonyl (C=O) groups is 2. The van der Waals surface area contributed by atoms with Crippen LogP contribution in [-0.2, 0) is 9.53 Å². The molecule has 1 N–H and O–H groups in total. The molecule has 1 saturated heterocycles.